The topological polar surface area (TPSA) is 90.4 Å². The summed E-state index contributed by atoms with van der Waals surface area (Å²) >= 11 is 0. The van der Waals surface area contributed by atoms with Crippen molar-refractivity contribution in [2.75, 3.05) is 5.73 Å². The number of aliphatic imine (C=N–C) groups is 1. The van der Waals surface area contributed by atoms with Gasteiger partial charge in [-0.1, -0.05) is 24.3 Å². The van der Waals surface area contributed by atoms with Crippen LogP contribution >= 0.6 is 0 Å². The molecule has 2 rings (SSSR count). The van der Waals surface area contributed by atoms with Crippen LogP contribution in [-0.2, 0) is 6.42 Å². The maximum atomic E-state index is 5.65. The summed E-state index contributed by atoms with van der Waals surface area (Å²) in [5.41, 5.74) is 20.2. The number of benzene rings is 2. The van der Waals surface area contributed by atoms with E-state index < -0.39 is 0 Å². The largest absolute Gasteiger partial charge is 0.399 e. The fraction of sp³-hybridized carbons (Fsp3) is 0.0714. The van der Waals surface area contributed by atoms with Crippen molar-refractivity contribution in [1.82, 2.24) is 0 Å². The number of nitrogen functional groups attached to an aromatic ring is 1. The molecule has 4 heteroatoms. The van der Waals surface area contributed by atoms with Crippen molar-refractivity contribution in [2.45, 2.75) is 6.42 Å². The zero-order valence-corrected chi connectivity index (χ0v) is 10.0. The molecule has 0 aliphatic heterocycles. The van der Waals surface area contributed by atoms with Gasteiger partial charge < -0.3 is 17.2 Å². The number of hydrogen-bond acceptors (Lipinski definition) is 2. The van der Waals surface area contributed by atoms with E-state index in [-0.39, 0.29) is 5.96 Å². The number of nitrogens with zero attached hydrogens (tertiary/aromatic N) is 1. The highest BCUT2D eigenvalue weighted by Crippen LogP contribution is 2.16. The number of rotatable bonds is 3. The van der Waals surface area contributed by atoms with Gasteiger partial charge in [-0.25, -0.2) is 4.99 Å². The third-order valence-corrected chi connectivity index (χ3v) is 2.58. The van der Waals surface area contributed by atoms with Crippen LogP contribution in [0.25, 0.3) is 0 Å². The molecule has 0 radical (unpaired) electrons. The molecule has 0 atom stereocenters. The lowest BCUT2D eigenvalue weighted by Crippen LogP contribution is -2.21. The molecule has 0 saturated heterocycles. The van der Waals surface area contributed by atoms with Gasteiger partial charge in [-0.3, -0.25) is 0 Å². The second kappa shape index (κ2) is 5.23. The third-order valence-electron chi connectivity index (χ3n) is 2.58. The van der Waals surface area contributed by atoms with Crippen molar-refractivity contribution in [2.24, 2.45) is 16.5 Å². The standard InChI is InChI=1S/C14H16N4/c15-12-5-1-10(2-6-12)9-11-3-7-13(8-4-11)18-14(16)17/h1-8H,9,15H2,(H4,16,17,18). The van der Waals surface area contributed by atoms with E-state index in [0.717, 1.165) is 17.8 Å². The quantitative estimate of drug-likeness (QED) is 0.434. The van der Waals surface area contributed by atoms with Crippen molar-refractivity contribution in [3.8, 4) is 0 Å². The molecule has 0 unspecified atom stereocenters. The zero-order chi connectivity index (χ0) is 13.0. The van der Waals surface area contributed by atoms with Gasteiger partial charge in [0.1, 0.15) is 0 Å². The molecule has 0 aliphatic rings. The summed E-state index contributed by atoms with van der Waals surface area (Å²) in [5.74, 6) is 0.0706. The SMILES string of the molecule is NC(N)=Nc1ccc(Cc2ccc(N)cc2)cc1. The first kappa shape index (κ1) is 12.0. The van der Waals surface area contributed by atoms with Crippen molar-refractivity contribution >= 4 is 17.3 Å². The number of guanidine groups is 1. The predicted molar refractivity (Wildman–Crippen MR) is 75.6 cm³/mol. The molecule has 4 nitrogen and oxygen atoms in total. The summed E-state index contributed by atoms with van der Waals surface area (Å²) in [4.78, 5) is 3.97. The zero-order valence-electron chi connectivity index (χ0n) is 10.0. The van der Waals surface area contributed by atoms with Crippen LogP contribution in [0.4, 0.5) is 11.4 Å². The second-order valence-corrected chi connectivity index (χ2v) is 4.12. The minimum atomic E-state index is 0.0706. The summed E-state index contributed by atoms with van der Waals surface area (Å²) in [6.07, 6.45) is 0.863. The van der Waals surface area contributed by atoms with Crippen LogP contribution in [0.15, 0.2) is 53.5 Å². The van der Waals surface area contributed by atoms with Crippen LogP contribution in [-0.4, -0.2) is 5.96 Å². The first-order valence-electron chi connectivity index (χ1n) is 5.66. The van der Waals surface area contributed by atoms with Gasteiger partial charge in [0.25, 0.3) is 0 Å². The van der Waals surface area contributed by atoms with Crippen LogP contribution < -0.4 is 17.2 Å². The maximum Gasteiger partial charge on any atom is 0.191 e. The molecule has 2 aromatic rings. The third kappa shape index (κ3) is 3.25. The number of anilines is 1. The number of nitrogens with two attached hydrogens (primary N) is 3. The van der Waals surface area contributed by atoms with Crippen molar-refractivity contribution in [3.05, 3.63) is 59.7 Å². The minimum absolute atomic E-state index is 0.0706. The van der Waals surface area contributed by atoms with Gasteiger partial charge in [-0.15, -0.1) is 0 Å². The fourth-order valence-electron chi connectivity index (χ4n) is 1.71. The van der Waals surface area contributed by atoms with Crippen molar-refractivity contribution in [1.29, 1.82) is 0 Å². The van der Waals surface area contributed by atoms with Gasteiger partial charge in [0.2, 0.25) is 0 Å². The molecule has 0 amide bonds. The van der Waals surface area contributed by atoms with Crippen molar-refractivity contribution < 1.29 is 0 Å². The van der Waals surface area contributed by atoms with Gasteiger partial charge in [0.15, 0.2) is 5.96 Å². The Hall–Kier alpha value is -2.49. The first-order valence-corrected chi connectivity index (χ1v) is 5.66. The van der Waals surface area contributed by atoms with Crippen LogP contribution in [0.5, 0.6) is 0 Å². The second-order valence-electron chi connectivity index (χ2n) is 4.12. The molecule has 18 heavy (non-hydrogen) atoms. The molecule has 92 valence electrons. The Bertz CT molecular complexity index is 537. The molecule has 2 aromatic carbocycles. The fourth-order valence-corrected chi connectivity index (χ4v) is 1.71. The van der Waals surface area contributed by atoms with Gasteiger partial charge in [0, 0.05) is 5.69 Å². The van der Waals surface area contributed by atoms with Gasteiger partial charge in [-0.2, -0.15) is 0 Å². The van der Waals surface area contributed by atoms with E-state index in [1.807, 2.05) is 48.5 Å². The van der Waals surface area contributed by atoms with E-state index in [2.05, 4.69) is 4.99 Å². The molecule has 0 fully saturated rings. The Balaban J connectivity index is 2.11. The first-order chi connectivity index (χ1) is 8.63. The van der Waals surface area contributed by atoms with Crippen LogP contribution in [0.2, 0.25) is 0 Å². The van der Waals surface area contributed by atoms with Crippen LogP contribution in [0, 0.1) is 0 Å². The lowest BCUT2D eigenvalue weighted by Gasteiger charge is -2.03. The molecular formula is C14H16N4. The molecular weight excluding hydrogens is 224 g/mol. The Labute approximate surface area is 106 Å². The Kier molecular flexibility index (Phi) is 3.48. The van der Waals surface area contributed by atoms with E-state index in [1.165, 1.54) is 11.1 Å². The van der Waals surface area contributed by atoms with E-state index in [4.69, 9.17) is 17.2 Å². The minimum Gasteiger partial charge on any atom is -0.399 e. The summed E-state index contributed by atoms with van der Waals surface area (Å²) in [6.45, 7) is 0. The molecule has 0 aliphatic carbocycles. The summed E-state index contributed by atoms with van der Waals surface area (Å²) in [6, 6.07) is 15.7. The molecule has 0 saturated carbocycles. The van der Waals surface area contributed by atoms with Crippen molar-refractivity contribution in [3.63, 3.8) is 0 Å². The van der Waals surface area contributed by atoms with Crippen LogP contribution in [0.1, 0.15) is 11.1 Å². The normalized spacial score (nSPS) is 10.0. The monoisotopic (exact) mass is 240 g/mol. The van der Waals surface area contributed by atoms with Gasteiger partial charge >= 0.3 is 0 Å². The summed E-state index contributed by atoms with van der Waals surface area (Å²) in [7, 11) is 0. The van der Waals surface area contributed by atoms with Gasteiger partial charge in [0.05, 0.1) is 5.69 Å². The lowest BCUT2D eigenvalue weighted by molar-refractivity contribution is 1.19. The smallest absolute Gasteiger partial charge is 0.191 e. The predicted octanol–water partition coefficient (Wildman–Crippen LogP) is 1.76. The highest BCUT2D eigenvalue weighted by molar-refractivity contribution is 5.78. The highest BCUT2D eigenvalue weighted by Gasteiger charge is 1.97. The summed E-state index contributed by atoms with van der Waals surface area (Å²) in [5, 5.41) is 0. The van der Waals surface area contributed by atoms with E-state index >= 15 is 0 Å². The Morgan fingerprint density at radius 3 is 1.83 bits per heavy atom. The van der Waals surface area contributed by atoms with E-state index in [9.17, 15) is 0 Å². The molecule has 0 heterocycles. The Morgan fingerprint density at radius 2 is 1.33 bits per heavy atom. The molecule has 0 bridgehead atoms. The average Bonchev–Trinajstić information content (AvgIpc) is 2.34. The van der Waals surface area contributed by atoms with E-state index in [1.54, 1.807) is 0 Å². The molecule has 6 N–H and O–H groups in total. The Morgan fingerprint density at radius 1 is 0.833 bits per heavy atom. The summed E-state index contributed by atoms with van der Waals surface area (Å²) < 4.78 is 0. The molecule has 0 spiro atoms. The number of hydrogen-bond donors (Lipinski definition) is 3. The molecule has 0 aromatic heterocycles. The average molecular weight is 240 g/mol. The lowest BCUT2D eigenvalue weighted by atomic mass is 10.0. The maximum absolute atomic E-state index is 5.65. The van der Waals surface area contributed by atoms with E-state index in [0.29, 0.717) is 0 Å². The van der Waals surface area contributed by atoms with Crippen LogP contribution in [0.3, 0.4) is 0 Å². The van der Waals surface area contributed by atoms with Gasteiger partial charge in [-0.05, 0) is 41.8 Å². The highest BCUT2D eigenvalue weighted by atomic mass is 15.0.